The molecule has 0 heterocycles. The highest BCUT2D eigenvalue weighted by atomic mass is 16.3. The molecule has 0 aromatic carbocycles. The average Bonchev–Trinajstić information content (AvgIpc) is 2.30. The minimum Gasteiger partial charge on any atom is -0.390 e. The Labute approximate surface area is 107 Å². The van der Waals surface area contributed by atoms with E-state index in [-0.39, 0.29) is 5.60 Å². The first-order valence-electron chi connectivity index (χ1n) is 7.84. The second-order valence-corrected chi connectivity index (χ2v) is 6.91. The van der Waals surface area contributed by atoms with Gasteiger partial charge in [-0.3, -0.25) is 0 Å². The van der Waals surface area contributed by atoms with Gasteiger partial charge in [0.15, 0.2) is 0 Å². The molecule has 17 heavy (non-hydrogen) atoms. The predicted octanol–water partition coefficient (Wildman–Crippen LogP) is 4.53. The van der Waals surface area contributed by atoms with Crippen molar-refractivity contribution >= 4 is 0 Å². The lowest BCUT2D eigenvalue weighted by molar-refractivity contribution is -0.0848. The fourth-order valence-corrected chi connectivity index (χ4v) is 4.35. The van der Waals surface area contributed by atoms with E-state index in [1.165, 1.54) is 51.4 Å². The van der Waals surface area contributed by atoms with Crippen LogP contribution in [-0.4, -0.2) is 10.7 Å². The van der Waals surface area contributed by atoms with Gasteiger partial charge in [0.1, 0.15) is 0 Å². The fraction of sp³-hybridized carbons (Fsp3) is 1.00. The topological polar surface area (TPSA) is 20.2 Å². The summed E-state index contributed by atoms with van der Waals surface area (Å²) in [4.78, 5) is 0. The van der Waals surface area contributed by atoms with Crippen molar-refractivity contribution in [3.8, 4) is 0 Å². The molecule has 0 aliphatic heterocycles. The summed E-state index contributed by atoms with van der Waals surface area (Å²) in [5.41, 5.74) is -0.325. The number of hydrogen-bond acceptors (Lipinski definition) is 1. The zero-order chi connectivity index (χ0) is 12.3. The summed E-state index contributed by atoms with van der Waals surface area (Å²) in [6, 6.07) is 0. The highest BCUT2D eigenvalue weighted by Crippen LogP contribution is 2.44. The second kappa shape index (κ2) is 5.73. The highest BCUT2D eigenvalue weighted by molar-refractivity contribution is 4.93. The molecule has 0 aromatic heterocycles. The van der Waals surface area contributed by atoms with Crippen molar-refractivity contribution in [3.63, 3.8) is 0 Å². The van der Waals surface area contributed by atoms with E-state index in [1.54, 1.807) is 0 Å². The molecule has 0 bridgehead atoms. The summed E-state index contributed by atoms with van der Waals surface area (Å²) in [5.74, 6) is 2.01. The first kappa shape index (κ1) is 13.4. The molecule has 2 atom stereocenters. The normalized spacial score (nSPS) is 36.4. The molecule has 0 spiro atoms. The van der Waals surface area contributed by atoms with Gasteiger partial charge in [-0.15, -0.1) is 0 Å². The molecular formula is C16H30O. The maximum absolute atomic E-state index is 11.1. The van der Waals surface area contributed by atoms with Gasteiger partial charge in [-0.2, -0.15) is 0 Å². The van der Waals surface area contributed by atoms with E-state index in [0.29, 0.717) is 11.8 Å². The molecule has 0 aromatic rings. The van der Waals surface area contributed by atoms with Gasteiger partial charge in [-0.25, -0.2) is 0 Å². The molecule has 2 aliphatic rings. The smallest absolute Gasteiger partial charge is 0.0680 e. The van der Waals surface area contributed by atoms with Crippen LogP contribution in [0.1, 0.15) is 78.1 Å². The summed E-state index contributed by atoms with van der Waals surface area (Å²) >= 11 is 0. The van der Waals surface area contributed by atoms with Crippen molar-refractivity contribution in [2.75, 3.05) is 0 Å². The number of rotatable bonds is 3. The van der Waals surface area contributed by atoms with Gasteiger partial charge >= 0.3 is 0 Å². The van der Waals surface area contributed by atoms with E-state index in [0.717, 1.165) is 18.8 Å². The molecule has 2 rings (SSSR count). The third kappa shape index (κ3) is 3.24. The molecule has 2 aliphatic carbocycles. The molecule has 2 fully saturated rings. The summed E-state index contributed by atoms with van der Waals surface area (Å²) in [5, 5.41) is 11.1. The summed E-state index contributed by atoms with van der Waals surface area (Å²) in [6.07, 6.45) is 12.9. The minimum absolute atomic E-state index is 0.325. The Bertz CT molecular complexity index is 230. The van der Waals surface area contributed by atoms with Crippen molar-refractivity contribution in [1.29, 1.82) is 0 Å². The Kier molecular flexibility index (Phi) is 4.52. The van der Waals surface area contributed by atoms with E-state index in [9.17, 15) is 5.11 Å². The maximum Gasteiger partial charge on any atom is 0.0680 e. The Morgan fingerprint density at radius 1 is 1.00 bits per heavy atom. The summed E-state index contributed by atoms with van der Waals surface area (Å²) in [7, 11) is 0. The Balaban J connectivity index is 1.98. The molecule has 2 saturated carbocycles. The molecule has 0 saturated heterocycles. The minimum atomic E-state index is -0.325. The van der Waals surface area contributed by atoms with Crippen molar-refractivity contribution in [2.45, 2.75) is 83.7 Å². The largest absolute Gasteiger partial charge is 0.390 e. The molecule has 2 unspecified atom stereocenters. The van der Waals surface area contributed by atoms with E-state index >= 15 is 0 Å². The monoisotopic (exact) mass is 238 g/mol. The van der Waals surface area contributed by atoms with Gasteiger partial charge in [0.25, 0.3) is 0 Å². The lowest BCUT2D eigenvalue weighted by Gasteiger charge is -2.44. The highest BCUT2D eigenvalue weighted by Gasteiger charge is 2.41. The van der Waals surface area contributed by atoms with Crippen LogP contribution >= 0.6 is 0 Å². The van der Waals surface area contributed by atoms with Crippen molar-refractivity contribution in [1.82, 2.24) is 0 Å². The molecule has 100 valence electrons. The van der Waals surface area contributed by atoms with Crippen molar-refractivity contribution < 1.29 is 5.11 Å². The van der Waals surface area contributed by atoms with Crippen LogP contribution in [0.5, 0.6) is 0 Å². The standard InChI is InChI=1S/C16H30O/c1-13(2)15-10-6-7-11-16(15,17)12-14-8-4-3-5-9-14/h13-15,17H,3-12H2,1-2H3. The molecule has 1 N–H and O–H groups in total. The zero-order valence-corrected chi connectivity index (χ0v) is 11.8. The van der Waals surface area contributed by atoms with Gasteiger partial charge in [0.05, 0.1) is 5.60 Å². The maximum atomic E-state index is 11.1. The van der Waals surface area contributed by atoms with Gasteiger partial charge in [0, 0.05) is 0 Å². The van der Waals surface area contributed by atoms with Crippen LogP contribution in [0.3, 0.4) is 0 Å². The molecule has 0 amide bonds. The Morgan fingerprint density at radius 2 is 1.65 bits per heavy atom. The fourth-order valence-electron chi connectivity index (χ4n) is 4.35. The molecular weight excluding hydrogens is 208 g/mol. The third-order valence-electron chi connectivity index (χ3n) is 5.24. The van der Waals surface area contributed by atoms with Gasteiger partial charge in [0.2, 0.25) is 0 Å². The molecule has 1 nitrogen and oxygen atoms in total. The first-order chi connectivity index (χ1) is 8.12. The number of hydrogen-bond donors (Lipinski definition) is 1. The summed E-state index contributed by atoms with van der Waals surface area (Å²) < 4.78 is 0. The van der Waals surface area contributed by atoms with Crippen LogP contribution in [0.15, 0.2) is 0 Å². The molecule has 0 radical (unpaired) electrons. The van der Waals surface area contributed by atoms with Crippen molar-refractivity contribution in [2.24, 2.45) is 17.8 Å². The van der Waals surface area contributed by atoms with Gasteiger partial charge < -0.3 is 5.11 Å². The SMILES string of the molecule is CC(C)C1CCCCC1(O)CC1CCCCC1. The van der Waals surface area contributed by atoms with Crippen LogP contribution in [0.4, 0.5) is 0 Å². The Morgan fingerprint density at radius 3 is 2.29 bits per heavy atom. The van der Waals surface area contributed by atoms with E-state index < -0.39 is 0 Å². The first-order valence-corrected chi connectivity index (χ1v) is 7.84. The van der Waals surface area contributed by atoms with Crippen molar-refractivity contribution in [3.05, 3.63) is 0 Å². The van der Waals surface area contributed by atoms with Gasteiger partial charge in [-0.1, -0.05) is 58.8 Å². The summed E-state index contributed by atoms with van der Waals surface area (Å²) in [6.45, 7) is 4.59. The zero-order valence-electron chi connectivity index (χ0n) is 11.8. The van der Waals surface area contributed by atoms with E-state index in [1.807, 2.05) is 0 Å². The lowest BCUT2D eigenvalue weighted by atomic mass is 9.65. The van der Waals surface area contributed by atoms with Crippen LogP contribution in [0.25, 0.3) is 0 Å². The van der Waals surface area contributed by atoms with Crippen LogP contribution < -0.4 is 0 Å². The quantitative estimate of drug-likeness (QED) is 0.765. The second-order valence-electron chi connectivity index (χ2n) is 6.91. The van der Waals surface area contributed by atoms with Crippen LogP contribution in [-0.2, 0) is 0 Å². The number of aliphatic hydroxyl groups is 1. The van der Waals surface area contributed by atoms with Crippen LogP contribution in [0, 0.1) is 17.8 Å². The average molecular weight is 238 g/mol. The van der Waals surface area contributed by atoms with Crippen LogP contribution in [0.2, 0.25) is 0 Å². The predicted molar refractivity (Wildman–Crippen MR) is 72.9 cm³/mol. The Hall–Kier alpha value is -0.0400. The van der Waals surface area contributed by atoms with E-state index in [2.05, 4.69) is 13.8 Å². The van der Waals surface area contributed by atoms with E-state index in [4.69, 9.17) is 0 Å². The van der Waals surface area contributed by atoms with Gasteiger partial charge in [-0.05, 0) is 37.0 Å². The molecule has 1 heteroatoms. The lowest BCUT2D eigenvalue weighted by Crippen LogP contribution is -2.44. The third-order valence-corrected chi connectivity index (χ3v) is 5.24.